The minimum atomic E-state index is -4.56. The lowest BCUT2D eigenvalue weighted by Crippen LogP contribution is -2.16. The summed E-state index contributed by atoms with van der Waals surface area (Å²) in [7, 11) is 0. The summed E-state index contributed by atoms with van der Waals surface area (Å²) in [5.41, 5.74) is -1.37. The van der Waals surface area contributed by atoms with Gasteiger partial charge in [0.05, 0.1) is 18.3 Å². The summed E-state index contributed by atoms with van der Waals surface area (Å²) in [5, 5.41) is 0. The van der Waals surface area contributed by atoms with Crippen LogP contribution in [0.4, 0.5) is 17.6 Å². The van der Waals surface area contributed by atoms with Crippen LogP contribution in [0, 0.1) is 5.82 Å². The first-order chi connectivity index (χ1) is 8.90. The normalized spacial score (nSPS) is 13.6. The van der Waals surface area contributed by atoms with Gasteiger partial charge in [-0.1, -0.05) is 26.3 Å². The maximum Gasteiger partial charge on any atom is 0.416 e. The molecular formula is C14H18F4O. The Morgan fingerprint density at radius 2 is 1.89 bits per heavy atom. The molecule has 0 N–H and O–H groups in total. The molecule has 19 heavy (non-hydrogen) atoms. The largest absolute Gasteiger partial charge is 0.416 e. The molecule has 1 rings (SSSR count). The molecule has 1 aromatic rings. The number of hydrogen-bond acceptors (Lipinski definition) is 1. The van der Waals surface area contributed by atoms with Crippen molar-refractivity contribution < 1.29 is 22.3 Å². The lowest BCUT2D eigenvalue weighted by molar-refractivity contribution is -0.139. The number of alkyl halides is 3. The van der Waals surface area contributed by atoms with Crippen molar-refractivity contribution in [2.75, 3.05) is 0 Å². The summed E-state index contributed by atoms with van der Waals surface area (Å²) in [6, 6.07) is 2.96. The Kier molecular flexibility index (Phi) is 5.79. The van der Waals surface area contributed by atoms with Crippen LogP contribution in [0.25, 0.3) is 0 Å². The fourth-order valence-corrected chi connectivity index (χ4v) is 1.90. The first kappa shape index (κ1) is 16.0. The monoisotopic (exact) mass is 278 g/mol. The number of ether oxygens (including phenoxy) is 1. The number of benzene rings is 1. The van der Waals surface area contributed by atoms with Gasteiger partial charge in [0.1, 0.15) is 5.82 Å². The van der Waals surface area contributed by atoms with E-state index in [0.717, 1.165) is 31.0 Å². The Morgan fingerprint density at radius 1 is 1.21 bits per heavy atom. The Balaban J connectivity index is 2.88. The average Bonchev–Trinajstić information content (AvgIpc) is 2.34. The third-order valence-electron chi connectivity index (χ3n) is 2.95. The third kappa shape index (κ3) is 4.49. The first-order valence-corrected chi connectivity index (χ1v) is 6.36. The van der Waals surface area contributed by atoms with Crippen molar-refractivity contribution in [3.63, 3.8) is 0 Å². The van der Waals surface area contributed by atoms with Gasteiger partial charge in [0, 0.05) is 5.56 Å². The smallest absolute Gasteiger partial charge is 0.373 e. The second kappa shape index (κ2) is 6.89. The predicted molar refractivity (Wildman–Crippen MR) is 65.2 cm³/mol. The van der Waals surface area contributed by atoms with Crippen molar-refractivity contribution in [3.8, 4) is 0 Å². The van der Waals surface area contributed by atoms with E-state index in [1.165, 1.54) is 0 Å². The fraction of sp³-hybridized carbons (Fsp3) is 0.571. The van der Waals surface area contributed by atoms with Gasteiger partial charge in [0.2, 0.25) is 0 Å². The zero-order chi connectivity index (χ0) is 14.5. The van der Waals surface area contributed by atoms with Crippen LogP contribution in [-0.4, -0.2) is 6.10 Å². The summed E-state index contributed by atoms with van der Waals surface area (Å²) < 4.78 is 57.2. The van der Waals surface area contributed by atoms with Gasteiger partial charge >= 0.3 is 6.18 Å². The molecule has 0 saturated heterocycles. The maximum atomic E-state index is 13.5. The van der Waals surface area contributed by atoms with E-state index in [1.807, 2.05) is 13.8 Å². The summed E-state index contributed by atoms with van der Waals surface area (Å²) in [5.74, 6) is -0.874. The first-order valence-electron chi connectivity index (χ1n) is 6.36. The topological polar surface area (TPSA) is 9.23 Å². The molecule has 0 amide bonds. The molecule has 5 heteroatoms. The van der Waals surface area contributed by atoms with Crippen molar-refractivity contribution in [2.24, 2.45) is 0 Å². The summed E-state index contributed by atoms with van der Waals surface area (Å²) >= 11 is 0. The fourth-order valence-electron chi connectivity index (χ4n) is 1.90. The van der Waals surface area contributed by atoms with Crippen LogP contribution in [0.5, 0.6) is 0 Å². The van der Waals surface area contributed by atoms with Crippen molar-refractivity contribution in [1.29, 1.82) is 0 Å². The molecule has 0 aliphatic rings. The molecule has 0 aliphatic carbocycles. The van der Waals surface area contributed by atoms with Crippen molar-refractivity contribution >= 4 is 0 Å². The molecule has 1 atom stereocenters. The highest BCUT2D eigenvalue weighted by atomic mass is 19.4. The van der Waals surface area contributed by atoms with E-state index in [1.54, 1.807) is 0 Å². The molecule has 0 bridgehead atoms. The number of hydrogen-bond donors (Lipinski definition) is 0. The van der Waals surface area contributed by atoms with Crippen molar-refractivity contribution in [3.05, 3.63) is 35.1 Å². The molecule has 1 unspecified atom stereocenters. The third-order valence-corrected chi connectivity index (χ3v) is 2.95. The SMILES string of the molecule is CCCC(CC)OCc1c(F)cccc1C(F)(F)F. The zero-order valence-corrected chi connectivity index (χ0v) is 11.1. The zero-order valence-electron chi connectivity index (χ0n) is 11.1. The van der Waals surface area contributed by atoms with Gasteiger partial charge in [-0.3, -0.25) is 0 Å². The van der Waals surface area contributed by atoms with E-state index in [-0.39, 0.29) is 12.7 Å². The predicted octanol–water partition coefficient (Wildman–Crippen LogP) is 4.94. The van der Waals surface area contributed by atoms with Gasteiger partial charge in [-0.2, -0.15) is 13.2 Å². The van der Waals surface area contributed by atoms with E-state index in [0.29, 0.717) is 6.42 Å². The molecule has 0 spiro atoms. The van der Waals surface area contributed by atoms with Crippen LogP contribution in [0.2, 0.25) is 0 Å². The Bertz CT molecular complexity index is 401. The van der Waals surface area contributed by atoms with Crippen LogP contribution in [0.1, 0.15) is 44.2 Å². The maximum absolute atomic E-state index is 13.5. The molecule has 1 aromatic carbocycles. The second-order valence-electron chi connectivity index (χ2n) is 4.39. The molecule has 0 fully saturated rings. The summed E-state index contributed by atoms with van der Waals surface area (Å²) in [6.45, 7) is 3.52. The minimum absolute atomic E-state index is 0.134. The van der Waals surface area contributed by atoms with Gasteiger partial charge in [-0.25, -0.2) is 4.39 Å². The van der Waals surface area contributed by atoms with Crippen LogP contribution in [0.15, 0.2) is 18.2 Å². The van der Waals surface area contributed by atoms with Gasteiger partial charge in [-0.15, -0.1) is 0 Å². The van der Waals surface area contributed by atoms with E-state index >= 15 is 0 Å². The van der Waals surface area contributed by atoms with E-state index < -0.39 is 23.1 Å². The Hall–Kier alpha value is -1.10. The molecule has 108 valence electrons. The summed E-state index contributed by atoms with van der Waals surface area (Å²) in [6.07, 6.45) is -2.36. The molecule has 0 aliphatic heterocycles. The Morgan fingerprint density at radius 3 is 2.42 bits per heavy atom. The molecule has 0 heterocycles. The van der Waals surface area contributed by atoms with Gasteiger partial charge in [0.15, 0.2) is 0 Å². The lowest BCUT2D eigenvalue weighted by atomic mass is 10.1. The molecule has 0 aromatic heterocycles. The van der Waals surface area contributed by atoms with Crippen LogP contribution < -0.4 is 0 Å². The van der Waals surface area contributed by atoms with Crippen molar-refractivity contribution in [2.45, 2.75) is 52.0 Å². The average molecular weight is 278 g/mol. The van der Waals surface area contributed by atoms with Gasteiger partial charge in [-0.05, 0) is 25.0 Å². The molecule has 0 radical (unpaired) electrons. The van der Waals surface area contributed by atoms with Crippen LogP contribution >= 0.6 is 0 Å². The van der Waals surface area contributed by atoms with Gasteiger partial charge in [0.25, 0.3) is 0 Å². The molecule has 0 saturated carbocycles. The van der Waals surface area contributed by atoms with E-state index in [9.17, 15) is 17.6 Å². The highest BCUT2D eigenvalue weighted by Crippen LogP contribution is 2.33. The van der Waals surface area contributed by atoms with Gasteiger partial charge < -0.3 is 4.74 Å². The minimum Gasteiger partial charge on any atom is -0.373 e. The summed E-state index contributed by atoms with van der Waals surface area (Å²) in [4.78, 5) is 0. The lowest BCUT2D eigenvalue weighted by Gasteiger charge is -2.18. The standard InChI is InChI=1S/C14H18F4O/c1-3-6-10(4-2)19-9-11-12(14(16,17)18)7-5-8-13(11)15/h5,7-8,10H,3-4,6,9H2,1-2H3. The number of rotatable bonds is 6. The number of halogens is 4. The van der Waals surface area contributed by atoms with Crippen LogP contribution in [-0.2, 0) is 17.5 Å². The molecular weight excluding hydrogens is 260 g/mol. The van der Waals surface area contributed by atoms with E-state index in [2.05, 4.69) is 0 Å². The molecule has 1 nitrogen and oxygen atoms in total. The van der Waals surface area contributed by atoms with Crippen LogP contribution in [0.3, 0.4) is 0 Å². The van der Waals surface area contributed by atoms with Crippen molar-refractivity contribution in [1.82, 2.24) is 0 Å². The highest BCUT2D eigenvalue weighted by Gasteiger charge is 2.34. The Labute approximate surface area is 110 Å². The van der Waals surface area contributed by atoms with E-state index in [4.69, 9.17) is 4.74 Å². The quantitative estimate of drug-likeness (QED) is 0.670. The second-order valence-corrected chi connectivity index (χ2v) is 4.39. The highest BCUT2D eigenvalue weighted by molar-refractivity contribution is 5.30.